The van der Waals surface area contributed by atoms with Gasteiger partial charge in [-0.1, -0.05) is 24.3 Å². The molecule has 0 radical (unpaired) electrons. The van der Waals surface area contributed by atoms with Crippen molar-refractivity contribution in [1.29, 1.82) is 0 Å². The molecule has 5 aromatic rings. The largest absolute Gasteiger partial charge is 0.493 e. The first-order valence-corrected chi connectivity index (χ1v) is 9.85. The summed E-state index contributed by atoms with van der Waals surface area (Å²) in [5.41, 5.74) is 2.72. The standard InChI is InChI=1S/C23H18N6O2/c1-2-31-20-10-6-4-8-18(20)22-24-19-9-5-3-7-17(19)23(30)29(22)16-13-11-15(12-14-16)21-25-27-28-26-21/h3-14H,2H2,1H3,(H,25,26,27,28). The molecule has 0 unspecified atom stereocenters. The van der Waals surface area contributed by atoms with Crippen molar-refractivity contribution in [2.45, 2.75) is 6.92 Å². The van der Waals surface area contributed by atoms with Crippen LogP contribution in [0.2, 0.25) is 0 Å². The maximum Gasteiger partial charge on any atom is 0.266 e. The van der Waals surface area contributed by atoms with E-state index in [0.717, 1.165) is 11.1 Å². The molecule has 8 nitrogen and oxygen atoms in total. The molecule has 0 amide bonds. The van der Waals surface area contributed by atoms with Gasteiger partial charge < -0.3 is 4.74 Å². The summed E-state index contributed by atoms with van der Waals surface area (Å²) in [4.78, 5) is 18.4. The first-order valence-electron chi connectivity index (χ1n) is 9.85. The topological polar surface area (TPSA) is 98.6 Å². The Balaban J connectivity index is 1.76. The summed E-state index contributed by atoms with van der Waals surface area (Å²) in [7, 11) is 0. The van der Waals surface area contributed by atoms with Crippen molar-refractivity contribution in [3.63, 3.8) is 0 Å². The number of nitrogens with one attached hydrogen (secondary N) is 1. The van der Waals surface area contributed by atoms with Gasteiger partial charge in [0.2, 0.25) is 0 Å². The van der Waals surface area contributed by atoms with Crippen molar-refractivity contribution in [1.82, 2.24) is 30.2 Å². The van der Waals surface area contributed by atoms with Gasteiger partial charge in [-0.15, -0.1) is 5.10 Å². The highest BCUT2D eigenvalue weighted by Gasteiger charge is 2.17. The zero-order chi connectivity index (χ0) is 21.2. The highest BCUT2D eigenvalue weighted by Crippen LogP contribution is 2.30. The number of para-hydroxylation sites is 2. The summed E-state index contributed by atoms with van der Waals surface area (Å²) in [5, 5.41) is 14.4. The summed E-state index contributed by atoms with van der Waals surface area (Å²) in [5.74, 6) is 1.74. The van der Waals surface area contributed by atoms with Gasteiger partial charge in [0.05, 0.1) is 28.8 Å². The van der Waals surface area contributed by atoms with Gasteiger partial charge in [-0.2, -0.15) is 0 Å². The Hall–Kier alpha value is -4.33. The maximum absolute atomic E-state index is 13.5. The van der Waals surface area contributed by atoms with E-state index in [-0.39, 0.29) is 5.56 Å². The number of ether oxygens (including phenoxy) is 1. The normalized spacial score (nSPS) is 11.0. The number of aromatic nitrogens is 6. The molecule has 0 saturated heterocycles. The maximum atomic E-state index is 13.5. The van der Waals surface area contributed by atoms with Gasteiger partial charge in [0.15, 0.2) is 11.6 Å². The summed E-state index contributed by atoms with van der Waals surface area (Å²) in [6.45, 7) is 2.43. The highest BCUT2D eigenvalue weighted by atomic mass is 16.5. The lowest BCUT2D eigenvalue weighted by molar-refractivity contribution is 0.341. The quantitative estimate of drug-likeness (QED) is 0.475. The van der Waals surface area contributed by atoms with E-state index in [1.807, 2.05) is 73.7 Å². The fourth-order valence-electron chi connectivity index (χ4n) is 3.54. The molecule has 0 aliphatic rings. The summed E-state index contributed by atoms with van der Waals surface area (Å²) < 4.78 is 7.43. The predicted octanol–water partition coefficient (Wildman–Crippen LogP) is 3.63. The van der Waals surface area contributed by atoms with E-state index in [1.54, 1.807) is 10.6 Å². The number of benzene rings is 3. The van der Waals surface area contributed by atoms with Crippen LogP contribution < -0.4 is 10.3 Å². The third-order valence-electron chi connectivity index (χ3n) is 4.95. The van der Waals surface area contributed by atoms with E-state index in [1.165, 1.54) is 0 Å². The number of nitrogens with zero attached hydrogens (tertiary/aromatic N) is 5. The van der Waals surface area contributed by atoms with Crippen LogP contribution in [0.4, 0.5) is 0 Å². The highest BCUT2D eigenvalue weighted by molar-refractivity contribution is 5.81. The van der Waals surface area contributed by atoms with Gasteiger partial charge in [0, 0.05) is 5.56 Å². The minimum atomic E-state index is -0.152. The molecule has 8 heteroatoms. The lowest BCUT2D eigenvalue weighted by atomic mass is 10.1. The van der Waals surface area contributed by atoms with Crippen molar-refractivity contribution < 1.29 is 4.74 Å². The molecule has 3 aromatic carbocycles. The number of tetrazole rings is 1. The minimum absolute atomic E-state index is 0.152. The van der Waals surface area contributed by atoms with Gasteiger partial charge >= 0.3 is 0 Å². The van der Waals surface area contributed by atoms with E-state index in [4.69, 9.17) is 9.72 Å². The van der Waals surface area contributed by atoms with Crippen molar-refractivity contribution >= 4 is 10.9 Å². The van der Waals surface area contributed by atoms with Crippen LogP contribution in [-0.4, -0.2) is 36.8 Å². The van der Waals surface area contributed by atoms with Gasteiger partial charge in [-0.25, -0.2) is 10.1 Å². The third-order valence-corrected chi connectivity index (χ3v) is 4.95. The number of hydrogen-bond donors (Lipinski definition) is 1. The molecule has 152 valence electrons. The van der Waals surface area contributed by atoms with Gasteiger partial charge in [-0.3, -0.25) is 9.36 Å². The van der Waals surface area contributed by atoms with Crippen LogP contribution in [0, 0.1) is 0 Å². The molecule has 0 aliphatic carbocycles. The molecule has 2 aromatic heterocycles. The number of fused-ring (bicyclic) bond motifs is 1. The predicted molar refractivity (Wildman–Crippen MR) is 117 cm³/mol. The van der Waals surface area contributed by atoms with Crippen molar-refractivity contribution in [3.8, 4) is 34.2 Å². The Labute approximate surface area is 177 Å². The third kappa shape index (κ3) is 3.33. The fraction of sp³-hybridized carbons (Fsp3) is 0.0870. The summed E-state index contributed by atoms with van der Waals surface area (Å²) in [6.07, 6.45) is 0. The monoisotopic (exact) mass is 410 g/mol. The van der Waals surface area contributed by atoms with E-state index >= 15 is 0 Å². The van der Waals surface area contributed by atoms with Crippen LogP contribution in [0.1, 0.15) is 6.92 Å². The first-order chi connectivity index (χ1) is 15.3. The first kappa shape index (κ1) is 18.7. The number of rotatable bonds is 5. The Morgan fingerprint density at radius 1 is 0.968 bits per heavy atom. The Morgan fingerprint density at radius 2 is 1.74 bits per heavy atom. The summed E-state index contributed by atoms with van der Waals surface area (Å²) in [6, 6.07) is 22.3. The molecule has 0 fully saturated rings. The molecular formula is C23H18N6O2. The number of aromatic amines is 1. The SMILES string of the molecule is CCOc1ccccc1-c1nc2ccccc2c(=O)n1-c1ccc(-c2nnn[nH]2)cc1. The van der Waals surface area contributed by atoms with Crippen molar-refractivity contribution in [3.05, 3.63) is 83.2 Å². The number of H-pyrrole nitrogens is 1. The second-order valence-corrected chi connectivity index (χ2v) is 6.82. The zero-order valence-electron chi connectivity index (χ0n) is 16.7. The molecule has 2 heterocycles. The molecule has 0 saturated carbocycles. The van der Waals surface area contributed by atoms with E-state index in [2.05, 4.69) is 20.6 Å². The molecule has 0 aliphatic heterocycles. The molecule has 0 spiro atoms. The summed E-state index contributed by atoms with van der Waals surface area (Å²) >= 11 is 0. The average Bonchev–Trinajstić information content (AvgIpc) is 3.35. The molecule has 0 atom stereocenters. The molecule has 31 heavy (non-hydrogen) atoms. The Kier molecular flexibility index (Phi) is 4.72. The fourth-order valence-corrected chi connectivity index (χ4v) is 3.54. The van der Waals surface area contributed by atoms with E-state index in [0.29, 0.717) is 40.6 Å². The Bertz CT molecular complexity index is 1410. The second-order valence-electron chi connectivity index (χ2n) is 6.82. The van der Waals surface area contributed by atoms with Crippen molar-refractivity contribution in [2.24, 2.45) is 0 Å². The second kappa shape index (κ2) is 7.83. The van der Waals surface area contributed by atoms with Gasteiger partial charge in [0.25, 0.3) is 5.56 Å². The minimum Gasteiger partial charge on any atom is -0.493 e. The smallest absolute Gasteiger partial charge is 0.266 e. The lowest BCUT2D eigenvalue weighted by Crippen LogP contribution is -2.22. The van der Waals surface area contributed by atoms with Crippen LogP contribution in [0.3, 0.4) is 0 Å². The number of hydrogen-bond acceptors (Lipinski definition) is 6. The molecular weight excluding hydrogens is 392 g/mol. The zero-order valence-corrected chi connectivity index (χ0v) is 16.7. The van der Waals surface area contributed by atoms with E-state index in [9.17, 15) is 4.79 Å². The molecule has 1 N–H and O–H groups in total. The van der Waals surface area contributed by atoms with Gasteiger partial charge in [0.1, 0.15) is 5.75 Å². The van der Waals surface area contributed by atoms with Crippen LogP contribution in [0.15, 0.2) is 77.6 Å². The van der Waals surface area contributed by atoms with Crippen LogP contribution >= 0.6 is 0 Å². The van der Waals surface area contributed by atoms with Crippen molar-refractivity contribution in [2.75, 3.05) is 6.61 Å². The Morgan fingerprint density at radius 3 is 2.52 bits per heavy atom. The molecule has 0 bridgehead atoms. The van der Waals surface area contributed by atoms with Gasteiger partial charge in [-0.05, 0) is 65.9 Å². The van der Waals surface area contributed by atoms with E-state index < -0.39 is 0 Å². The molecule has 5 rings (SSSR count). The van der Waals surface area contributed by atoms with Crippen LogP contribution in [-0.2, 0) is 0 Å². The lowest BCUT2D eigenvalue weighted by Gasteiger charge is -2.16. The van der Waals surface area contributed by atoms with Crippen LogP contribution in [0.25, 0.3) is 39.4 Å². The van der Waals surface area contributed by atoms with Crippen LogP contribution in [0.5, 0.6) is 5.75 Å². The average molecular weight is 410 g/mol.